The normalized spacial score (nSPS) is 13.7. The van der Waals surface area contributed by atoms with Gasteiger partial charge in [0.15, 0.2) is 0 Å². The molecule has 0 heterocycles. The van der Waals surface area contributed by atoms with Gasteiger partial charge >= 0.3 is 6.18 Å². The Bertz CT molecular complexity index is 377. The maximum Gasteiger partial charge on any atom is 0.416 e. The van der Waals surface area contributed by atoms with Crippen molar-refractivity contribution in [2.45, 2.75) is 37.4 Å². The predicted octanol–water partition coefficient (Wildman–Crippen LogP) is 4.32. The second kappa shape index (κ2) is 5.67. The average molecular weight is 263 g/mol. The third-order valence-electron chi connectivity index (χ3n) is 2.54. The van der Waals surface area contributed by atoms with Crippen LogP contribution in [0.25, 0.3) is 0 Å². The van der Waals surface area contributed by atoms with Gasteiger partial charge in [-0.3, -0.25) is 0 Å². The molecule has 5 heteroatoms. The largest absolute Gasteiger partial charge is 0.416 e. The van der Waals surface area contributed by atoms with E-state index in [9.17, 15) is 13.2 Å². The molecule has 2 N–H and O–H groups in total. The summed E-state index contributed by atoms with van der Waals surface area (Å²) in [6.45, 7) is 4.03. The Kier molecular flexibility index (Phi) is 4.74. The Morgan fingerprint density at radius 1 is 1.35 bits per heavy atom. The molecule has 0 aliphatic heterocycles. The summed E-state index contributed by atoms with van der Waals surface area (Å²) in [4.78, 5) is 0. The summed E-state index contributed by atoms with van der Waals surface area (Å²) in [7, 11) is 0. The molecule has 0 fully saturated rings. The van der Waals surface area contributed by atoms with Crippen molar-refractivity contribution in [1.82, 2.24) is 0 Å². The summed E-state index contributed by atoms with van der Waals surface area (Å²) < 4.78 is 38.3. The summed E-state index contributed by atoms with van der Waals surface area (Å²) in [6.07, 6.45) is -3.39. The lowest BCUT2D eigenvalue weighted by atomic mass is 10.1. The Morgan fingerprint density at radius 2 is 2.00 bits per heavy atom. The lowest BCUT2D eigenvalue weighted by Crippen LogP contribution is -2.10. The molecular weight excluding hydrogens is 247 g/mol. The van der Waals surface area contributed by atoms with Gasteiger partial charge in [0.05, 0.1) is 5.56 Å². The molecule has 17 heavy (non-hydrogen) atoms. The summed E-state index contributed by atoms with van der Waals surface area (Å²) in [5.74, 6) is 0.365. The predicted molar refractivity (Wildman–Crippen MR) is 66.9 cm³/mol. The molecule has 0 saturated carbocycles. The van der Waals surface area contributed by atoms with Crippen LogP contribution in [0.3, 0.4) is 0 Å². The molecule has 0 spiro atoms. The number of anilines is 1. The fourth-order valence-corrected chi connectivity index (χ4v) is 2.29. The molecule has 96 valence electrons. The van der Waals surface area contributed by atoms with Gasteiger partial charge in [0.25, 0.3) is 0 Å². The minimum atomic E-state index is -4.33. The number of halogens is 3. The van der Waals surface area contributed by atoms with Gasteiger partial charge in [-0.05, 0) is 24.1 Å². The van der Waals surface area contributed by atoms with Crippen LogP contribution in [0.2, 0.25) is 0 Å². The van der Waals surface area contributed by atoms with E-state index < -0.39 is 11.7 Å². The minimum absolute atomic E-state index is 0.148. The Labute approximate surface area is 104 Å². The number of nitrogens with two attached hydrogens (primary N) is 1. The first-order valence-corrected chi connectivity index (χ1v) is 6.46. The highest BCUT2D eigenvalue weighted by atomic mass is 32.2. The first-order valence-electron chi connectivity index (χ1n) is 5.41. The van der Waals surface area contributed by atoms with Gasteiger partial charge in [-0.15, -0.1) is 0 Å². The Hall–Kier alpha value is -0.840. The van der Waals surface area contributed by atoms with Crippen molar-refractivity contribution in [2.24, 2.45) is 0 Å². The van der Waals surface area contributed by atoms with Crippen molar-refractivity contribution in [3.63, 3.8) is 0 Å². The fraction of sp³-hybridized carbons (Fsp3) is 0.500. The lowest BCUT2D eigenvalue weighted by Gasteiger charge is -2.15. The number of thioether (sulfide) groups is 1. The lowest BCUT2D eigenvalue weighted by molar-refractivity contribution is -0.138. The first kappa shape index (κ1) is 14.2. The minimum Gasteiger partial charge on any atom is -0.399 e. The van der Waals surface area contributed by atoms with Crippen molar-refractivity contribution in [3.8, 4) is 0 Å². The highest BCUT2D eigenvalue weighted by Crippen LogP contribution is 2.35. The van der Waals surface area contributed by atoms with Gasteiger partial charge in [-0.1, -0.05) is 19.9 Å². The van der Waals surface area contributed by atoms with Crippen LogP contribution in [-0.4, -0.2) is 5.25 Å². The summed E-state index contributed by atoms with van der Waals surface area (Å²) in [6, 6.07) is 3.99. The van der Waals surface area contributed by atoms with Crippen LogP contribution in [0, 0.1) is 0 Å². The zero-order valence-corrected chi connectivity index (χ0v) is 10.7. The number of alkyl halides is 3. The maximum atomic E-state index is 12.8. The number of rotatable bonds is 4. The number of hydrogen-bond acceptors (Lipinski definition) is 2. The van der Waals surface area contributed by atoms with Gasteiger partial charge in [0.1, 0.15) is 0 Å². The molecule has 1 unspecified atom stereocenters. The van der Waals surface area contributed by atoms with Gasteiger partial charge < -0.3 is 5.73 Å². The summed E-state index contributed by atoms with van der Waals surface area (Å²) >= 11 is 1.52. The van der Waals surface area contributed by atoms with E-state index in [2.05, 4.69) is 0 Å². The highest BCUT2D eigenvalue weighted by molar-refractivity contribution is 7.99. The Balaban J connectivity index is 2.91. The number of hydrogen-bond donors (Lipinski definition) is 1. The van der Waals surface area contributed by atoms with Crippen molar-refractivity contribution in [2.75, 3.05) is 5.73 Å². The van der Waals surface area contributed by atoms with E-state index in [1.165, 1.54) is 23.9 Å². The molecule has 1 nitrogen and oxygen atoms in total. The molecule has 1 rings (SSSR count). The van der Waals surface area contributed by atoms with E-state index in [-0.39, 0.29) is 5.69 Å². The molecule has 0 saturated heterocycles. The highest BCUT2D eigenvalue weighted by Gasteiger charge is 2.33. The van der Waals surface area contributed by atoms with Crippen LogP contribution in [0.1, 0.15) is 31.4 Å². The van der Waals surface area contributed by atoms with Crippen LogP contribution < -0.4 is 5.73 Å². The zero-order valence-electron chi connectivity index (χ0n) is 9.84. The second-order valence-electron chi connectivity index (χ2n) is 3.94. The molecule has 0 radical (unpaired) electrons. The van der Waals surface area contributed by atoms with Crippen LogP contribution in [0.15, 0.2) is 18.2 Å². The van der Waals surface area contributed by atoms with E-state index in [0.717, 1.165) is 12.5 Å². The molecule has 1 aromatic rings. The van der Waals surface area contributed by atoms with Crippen LogP contribution in [0.4, 0.5) is 18.9 Å². The van der Waals surface area contributed by atoms with E-state index in [0.29, 0.717) is 16.6 Å². The molecule has 1 atom stereocenters. The van der Waals surface area contributed by atoms with Crippen molar-refractivity contribution in [3.05, 3.63) is 29.3 Å². The van der Waals surface area contributed by atoms with Gasteiger partial charge in [0, 0.05) is 16.7 Å². The maximum absolute atomic E-state index is 12.8. The SMILES string of the molecule is CCC(C)SCc1ccc(N)cc1C(F)(F)F. The monoisotopic (exact) mass is 263 g/mol. The van der Waals surface area contributed by atoms with Crippen LogP contribution in [-0.2, 0) is 11.9 Å². The van der Waals surface area contributed by atoms with Crippen molar-refractivity contribution in [1.29, 1.82) is 0 Å². The van der Waals surface area contributed by atoms with E-state index in [1.807, 2.05) is 13.8 Å². The molecule has 0 amide bonds. The fourth-order valence-electron chi connectivity index (χ4n) is 1.33. The molecule has 0 aliphatic rings. The third-order valence-corrected chi connectivity index (χ3v) is 3.92. The topological polar surface area (TPSA) is 26.0 Å². The molecular formula is C12H16F3NS. The van der Waals surface area contributed by atoms with E-state index >= 15 is 0 Å². The number of benzene rings is 1. The smallest absolute Gasteiger partial charge is 0.399 e. The summed E-state index contributed by atoms with van der Waals surface area (Å²) in [5.41, 5.74) is 5.23. The molecule has 0 aliphatic carbocycles. The second-order valence-corrected chi connectivity index (χ2v) is 5.37. The summed E-state index contributed by atoms with van der Waals surface area (Å²) in [5, 5.41) is 0.355. The van der Waals surface area contributed by atoms with E-state index in [4.69, 9.17) is 5.73 Å². The van der Waals surface area contributed by atoms with E-state index in [1.54, 1.807) is 0 Å². The molecule has 0 aromatic heterocycles. The van der Waals surface area contributed by atoms with Gasteiger partial charge in [-0.2, -0.15) is 24.9 Å². The molecule has 1 aromatic carbocycles. The van der Waals surface area contributed by atoms with Crippen LogP contribution >= 0.6 is 11.8 Å². The van der Waals surface area contributed by atoms with Crippen LogP contribution in [0.5, 0.6) is 0 Å². The standard InChI is InChI=1S/C12H16F3NS/c1-3-8(2)17-7-9-4-5-10(16)6-11(9)12(13,14)15/h4-6,8H,3,7,16H2,1-2H3. The van der Waals surface area contributed by atoms with Crippen molar-refractivity contribution >= 4 is 17.4 Å². The van der Waals surface area contributed by atoms with Crippen molar-refractivity contribution < 1.29 is 13.2 Å². The quantitative estimate of drug-likeness (QED) is 0.819. The third kappa shape index (κ3) is 4.15. The first-order chi connectivity index (χ1) is 7.84. The zero-order chi connectivity index (χ0) is 13.1. The molecule has 0 bridgehead atoms. The number of nitrogen functional groups attached to an aromatic ring is 1. The van der Waals surface area contributed by atoms with Gasteiger partial charge in [0.2, 0.25) is 0 Å². The Morgan fingerprint density at radius 3 is 2.53 bits per heavy atom. The average Bonchev–Trinajstić information content (AvgIpc) is 2.25. The van der Waals surface area contributed by atoms with Gasteiger partial charge in [-0.25, -0.2) is 0 Å².